The SMILES string of the molecule is Oc1ccc2c(c1)CC[C@H](c1ccccc1)C2c1ccc(N2CCCC3(CCCNC3)C2)cc1. The van der Waals surface area contributed by atoms with E-state index in [4.69, 9.17) is 0 Å². The Kier molecular flexibility index (Phi) is 5.82. The van der Waals surface area contributed by atoms with E-state index in [9.17, 15) is 5.11 Å². The van der Waals surface area contributed by atoms with Crippen LogP contribution < -0.4 is 10.2 Å². The molecule has 0 radical (unpaired) electrons. The van der Waals surface area contributed by atoms with Crippen LogP contribution in [0.4, 0.5) is 5.69 Å². The molecule has 0 amide bonds. The van der Waals surface area contributed by atoms with Crippen LogP contribution in [-0.2, 0) is 6.42 Å². The molecule has 3 heteroatoms. The standard InChI is InChI=1S/C31H36N2O/c34-27-13-15-29-25(20-27)10-14-28(23-6-2-1-3-7-23)30(29)24-8-11-26(12-9-24)33-19-5-17-31(22-33)16-4-18-32-21-31/h1-3,6-9,11-13,15,20,28,30,32,34H,4-5,10,14,16-19,21-22H2/t28-,30?,31?/m1/s1. The normalized spacial score (nSPS) is 26.9. The first-order chi connectivity index (χ1) is 16.7. The fourth-order valence-electron chi connectivity index (χ4n) is 6.98. The minimum Gasteiger partial charge on any atom is -0.508 e. The minimum atomic E-state index is 0.316. The molecule has 176 valence electrons. The number of nitrogens with one attached hydrogen (secondary N) is 1. The summed E-state index contributed by atoms with van der Waals surface area (Å²) in [6, 6.07) is 26.5. The summed E-state index contributed by atoms with van der Waals surface area (Å²) in [7, 11) is 0. The van der Waals surface area contributed by atoms with Gasteiger partial charge in [0.2, 0.25) is 0 Å². The number of phenols is 1. The fourth-order valence-corrected chi connectivity index (χ4v) is 6.98. The van der Waals surface area contributed by atoms with Crippen LogP contribution in [-0.4, -0.2) is 31.3 Å². The number of piperidine rings is 2. The molecule has 2 fully saturated rings. The van der Waals surface area contributed by atoms with E-state index in [1.54, 1.807) is 0 Å². The van der Waals surface area contributed by atoms with Crippen LogP contribution >= 0.6 is 0 Å². The van der Waals surface area contributed by atoms with Crippen molar-refractivity contribution >= 4 is 5.69 Å². The zero-order valence-corrected chi connectivity index (χ0v) is 20.0. The molecule has 2 aliphatic heterocycles. The van der Waals surface area contributed by atoms with Crippen LogP contribution in [0.5, 0.6) is 5.75 Å². The van der Waals surface area contributed by atoms with Gasteiger partial charge >= 0.3 is 0 Å². The summed E-state index contributed by atoms with van der Waals surface area (Å²) in [5.74, 6) is 1.15. The summed E-state index contributed by atoms with van der Waals surface area (Å²) in [6.07, 6.45) is 7.44. The summed E-state index contributed by atoms with van der Waals surface area (Å²) in [4.78, 5) is 2.63. The predicted octanol–water partition coefficient (Wildman–Crippen LogP) is 6.22. The third kappa shape index (κ3) is 4.11. The molecule has 3 nitrogen and oxygen atoms in total. The molecule has 3 aromatic rings. The molecular weight excluding hydrogens is 416 g/mol. The van der Waals surface area contributed by atoms with Crippen LogP contribution in [0, 0.1) is 5.41 Å². The van der Waals surface area contributed by atoms with Crippen molar-refractivity contribution in [1.29, 1.82) is 0 Å². The van der Waals surface area contributed by atoms with Crippen molar-refractivity contribution in [2.75, 3.05) is 31.1 Å². The van der Waals surface area contributed by atoms with Gasteiger partial charge in [-0.2, -0.15) is 0 Å². The molecule has 1 aliphatic carbocycles. The Morgan fingerprint density at radius 3 is 2.50 bits per heavy atom. The number of aryl methyl sites for hydroxylation is 1. The Labute approximate surface area is 203 Å². The van der Waals surface area contributed by atoms with Crippen molar-refractivity contribution in [3.05, 3.63) is 95.1 Å². The molecular formula is C31H36N2O. The number of hydrogen-bond donors (Lipinski definition) is 2. The maximum Gasteiger partial charge on any atom is 0.115 e. The maximum atomic E-state index is 10.1. The van der Waals surface area contributed by atoms with E-state index in [-0.39, 0.29) is 0 Å². The van der Waals surface area contributed by atoms with Crippen LogP contribution in [0.2, 0.25) is 0 Å². The van der Waals surface area contributed by atoms with Gasteiger partial charge in [-0.25, -0.2) is 0 Å². The zero-order chi connectivity index (χ0) is 23.0. The third-order valence-corrected chi connectivity index (χ3v) is 8.66. The second kappa shape index (κ2) is 9.11. The third-order valence-electron chi connectivity index (χ3n) is 8.66. The highest BCUT2D eigenvalue weighted by atomic mass is 16.3. The lowest BCUT2D eigenvalue weighted by Crippen LogP contribution is -2.51. The van der Waals surface area contributed by atoms with Gasteiger partial charge in [0.1, 0.15) is 5.75 Å². The number of nitrogens with zero attached hydrogens (tertiary/aromatic N) is 1. The van der Waals surface area contributed by atoms with E-state index in [2.05, 4.69) is 70.9 Å². The van der Waals surface area contributed by atoms with Gasteiger partial charge < -0.3 is 15.3 Å². The summed E-state index contributed by atoms with van der Waals surface area (Å²) < 4.78 is 0. The lowest BCUT2D eigenvalue weighted by Gasteiger charge is -2.46. The maximum absolute atomic E-state index is 10.1. The molecule has 2 N–H and O–H groups in total. The van der Waals surface area contributed by atoms with Gasteiger partial charge in [0.15, 0.2) is 0 Å². The number of phenolic OH excluding ortho intramolecular Hbond substituents is 1. The van der Waals surface area contributed by atoms with Gasteiger partial charge in [0, 0.05) is 36.7 Å². The highest BCUT2D eigenvalue weighted by Crippen LogP contribution is 2.47. The van der Waals surface area contributed by atoms with Crippen molar-refractivity contribution in [3.8, 4) is 5.75 Å². The number of benzene rings is 3. The van der Waals surface area contributed by atoms with Crippen LogP contribution in [0.1, 0.15) is 66.2 Å². The van der Waals surface area contributed by atoms with Crippen molar-refractivity contribution in [1.82, 2.24) is 5.32 Å². The summed E-state index contributed by atoms with van der Waals surface area (Å²) >= 11 is 0. The number of fused-ring (bicyclic) bond motifs is 1. The molecule has 0 aromatic heterocycles. The monoisotopic (exact) mass is 452 g/mol. The van der Waals surface area contributed by atoms with Crippen molar-refractivity contribution in [2.24, 2.45) is 5.41 Å². The molecule has 2 unspecified atom stereocenters. The molecule has 34 heavy (non-hydrogen) atoms. The van der Waals surface area contributed by atoms with E-state index in [0.717, 1.165) is 12.8 Å². The van der Waals surface area contributed by atoms with E-state index < -0.39 is 0 Å². The van der Waals surface area contributed by atoms with Gasteiger partial charge in [0.05, 0.1) is 0 Å². The second-order valence-corrected chi connectivity index (χ2v) is 10.8. The van der Waals surface area contributed by atoms with Gasteiger partial charge in [-0.05, 0) is 97.5 Å². The van der Waals surface area contributed by atoms with Gasteiger partial charge in [-0.1, -0.05) is 48.5 Å². The smallest absolute Gasteiger partial charge is 0.115 e. The first-order valence-electron chi connectivity index (χ1n) is 13.1. The van der Waals surface area contributed by atoms with Crippen LogP contribution in [0.3, 0.4) is 0 Å². The molecule has 3 aliphatic rings. The zero-order valence-electron chi connectivity index (χ0n) is 20.0. The molecule has 0 saturated carbocycles. The molecule has 6 rings (SSSR count). The molecule has 3 aromatic carbocycles. The van der Waals surface area contributed by atoms with Gasteiger partial charge in [-0.15, -0.1) is 0 Å². The van der Waals surface area contributed by atoms with E-state index in [1.807, 2.05) is 12.1 Å². The first-order valence-corrected chi connectivity index (χ1v) is 13.1. The summed E-state index contributed by atoms with van der Waals surface area (Å²) in [5.41, 5.74) is 7.29. The minimum absolute atomic E-state index is 0.316. The van der Waals surface area contributed by atoms with Gasteiger partial charge in [-0.3, -0.25) is 0 Å². The van der Waals surface area contributed by atoms with Crippen molar-refractivity contribution < 1.29 is 5.11 Å². The number of hydrogen-bond acceptors (Lipinski definition) is 3. The topological polar surface area (TPSA) is 35.5 Å². The lowest BCUT2D eigenvalue weighted by molar-refractivity contribution is 0.173. The second-order valence-electron chi connectivity index (χ2n) is 10.8. The molecule has 1 spiro atoms. The molecule has 2 saturated heterocycles. The number of aromatic hydroxyl groups is 1. The average Bonchev–Trinajstić information content (AvgIpc) is 2.89. The van der Waals surface area contributed by atoms with E-state index in [1.165, 1.54) is 79.8 Å². The predicted molar refractivity (Wildman–Crippen MR) is 140 cm³/mol. The highest BCUT2D eigenvalue weighted by Gasteiger charge is 2.37. The average molecular weight is 453 g/mol. The van der Waals surface area contributed by atoms with Crippen LogP contribution in [0.25, 0.3) is 0 Å². The highest BCUT2D eigenvalue weighted by molar-refractivity contribution is 5.53. The Morgan fingerprint density at radius 1 is 0.882 bits per heavy atom. The Hall–Kier alpha value is -2.78. The van der Waals surface area contributed by atoms with Crippen LogP contribution in [0.15, 0.2) is 72.8 Å². The molecule has 0 bridgehead atoms. The fraction of sp³-hybridized carbons (Fsp3) is 0.419. The van der Waals surface area contributed by atoms with Crippen molar-refractivity contribution in [3.63, 3.8) is 0 Å². The Bertz CT molecular complexity index is 1110. The first kappa shape index (κ1) is 21.7. The molecule has 3 atom stereocenters. The van der Waals surface area contributed by atoms with E-state index >= 15 is 0 Å². The molecule has 2 heterocycles. The Balaban J connectivity index is 1.31. The summed E-state index contributed by atoms with van der Waals surface area (Å²) in [6.45, 7) is 4.70. The Morgan fingerprint density at radius 2 is 1.71 bits per heavy atom. The number of rotatable bonds is 3. The largest absolute Gasteiger partial charge is 0.508 e. The lowest BCUT2D eigenvalue weighted by atomic mass is 9.69. The summed E-state index contributed by atoms with van der Waals surface area (Å²) in [5, 5.41) is 13.8. The van der Waals surface area contributed by atoms with Crippen molar-refractivity contribution in [2.45, 2.75) is 50.4 Å². The van der Waals surface area contributed by atoms with Gasteiger partial charge in [0.25, 0.3) is 0 Å². The quantitative estimate of drug-likeness (QED) is 0.495. The number of anilines is 1. The van der Waals surface area contributed by atoms with E-state index in [0.29, 0.717) is 23.0 Å².